The standard InChI is InChI=1S/C24H41N5O2/c1-18(30)25-20-8-6-19(7-9-20)10-11-28-12-14-29(15-13-28)22-16-21(17-31-5)26-23(27-22)24(2,3)4/h16,19-20H,6-15,17H2,1-5H3,(H,25,30)/t19-,20-. The summed E-state index contributed by atoms with van der Waals surface area (Å²) in [6, 6.07) is 2.48. The summed E-state index contributed by atoms with van der Waals surface area (Å²) in [6.45, 7) is 13.9. The van der Waals surface area contributed by atoms with Gasteiger partial charge in [0.05, 0.1) is 12.3 Å². The number of hydrogen-bond donors (Lipinski definition) is 1. The van der Waals surface area contributed by atoms with Crippen LogP contribution in [0.3, 0.4) is 0 Å². The molecular weight excluding hydrogens is 390 g/mol. The molecule has 2 heterocycles. The summed E-state index contributed by atoms with van der Waals surface area (Å²) >= 11 is 0. The van der Waals surface area contributed by atoms with Crippen LogP contribution in [0.15, 0.2) is 6.07 Å². The number of carbonyl (C=O) groups excluding carboxylic acids is 1. The Morgan fingerprint density at radius 3 is 2.39 bits per heavy atom. The first kappa shape index (κ1) is 23.9. The van der Waals surface area contributed by atoms with Crippen LogP contribution in [0.2, 0.25) is 0 Å². The Kier molecular flexibility index (Phi) is 8.28. The van der Waals surface area contributed by atoms with E-state index >= 15 is 0 Å². The number of rotatable bonds is 7. The van der Waals surface area contributed by atoms with Crippen molar-refractivity contribution >= 4 is 11.7 Å². The van der Waals surface area contributed by atoms with E-state index in [0.29, 0.717) is 12.6 Å². The number of ether oxygens (including phenoxy) is 1. The highest BCUT2D eigenvalue weighted by atomic mass is 16.5. The van der Waals surface area contributed by atoms with Crippen molar-refractivity contribution in [3.05, 3.63) is 17.6 Å². The van der Waals surface area contributed by atoms with Gasteiger partial charge in [0.15, 0.2) is 0 Å². The lowest BCUT2D eigenvalue weighted by Gasteiger charge is -2.37. The zero-order chi connectivity index (χ0) is 22.4. The molecule has 0 bridgehead atoms. The quantitative estimate of drug-likeness (QED) is 0.715. The van der Waals surface area contributed by atoms with Crippen LogP contribution in [0.5, 0.6) is 0 Å². The van der Waals surface area contributed by atoms with E-state index < -0.39 is 0 Å². The van der Waals surface area contributed by atoms with Gasteiger partial charge in [0.2, 0.25) is 5.91 Å². The fourth-order valence-electron chi connectivity index (χ4n) is 4.65. The number of nitrogens with zero attached hydrogens (tertiary/aromatic N) is 4. The van der Waals surface area contributed by atoms with E-state index in [4.69, 9.17) is 14.7 Å². The maximum Gasteiger partial charge on any atom is 0.217 e. The first-order valence-corrected chi connectivity index (χ1v) is 11.9. The van der Waals surface area contributed by atoms with Crippen LogP contribution in [-0.2, 0) is 21.6 Å². The molecule has 7 heteroatoms. The van der Waals surface area contributed by atoms with Crippen LogP contribution >= 0.6 is 0 Å². The van der Waals surface area contributed by atoms with Crippen LogP contribution in [0, 0.1) is 5.92 Å². The van der Waals surface area contributed by atoms with E-state index in [9.17, 15) is 4.79 Å². The van der Waals surface area contributed by atoms with E-state index in [-0.39, 0.29) is 11.3 Å². The van der Waals surface area contributed by atoms with Crippen molar-refractivity contribution in [1.82, 2.24) is 20.2 Å². The van der Waals surface area contributed by atoms with Gasteiger partial charge >= 0.3 is 0 Å². The summed E-state index contributed by atoms with van der Waals surface area (Å²) in [6.07, 6.45) is 6.01. The minimum atomic E-state index is -0.0841. The van der Waals surface area contributed by atoms with Crippen LogP contribution in [0.1, 0.15) is 71.3 Å². The zero-order valence-corrected chi connectivity index (χ0v) is 20.1. The summed E-state index contributed by atoms with van der Waals surface area (Å²) in [7, 11) is 1.71. The van der Waals surface area contributed by atoms with Crippen LogP contribution in [0.4, 0.5) is 5.82 Å². The predicted octanol–water partition coefficient (Wildman–Crippen LogP) is 3.13. The first-order valence-electron chi connectivity index (χ1n) is 11.9. The molecule has 174 valence electrons. The van der Waals surface area contributed by atoms with Gasteiger partial charge in [0, 0.05) is 57.7 Å². The van der Waals surface area contributed by atoms with Gasteiger partial charge in [-0.3, -0.25) is 9.69 Å². The molecule has 0 atom stereocenters. The average molecular weight is 432 g/mol. The molecular formula is C24H41N5O2. The van der Waals surface area contributed by atoms with Gasteiger partial charge in [0.1, 0.15) is 11.6 Å². The second kappa shape index (κ2) is 10.7. The number of piperazine rings is 1. The molecule has 1 saturated carbocycles. The van der Waals surface area contributed by atoms with Crippen molar-refractivity contribution in [1.29, 1.82) is 0 Å². The lowest BCUT2D eigenvalue weighted by Crippen LogP contribution is -2.47. The number of anilines is 1. The van der Waals surface area contributed by atoms with E-state index in [0.717, 1.165) is 62.3 Å². The molecule has 1 saturated heterocycles. The molecule has 1 N–H and O–H groups in total. The molecule has 1 aromatic rings. The molecule has 1 aromatic heterocycles. The fourth-order valence-corrected chi connectivity index (χ4v) is 4.65. The number of hydrogen-bond acceptors (Lipinski definition) is 6. The number of carbonyl (C=O) groups is 1. The maximum absolute atomic E-state index is 11.2. The number of nitrogens with one attached hydrogen (secondary N) is 1. The van der Waals surface area contributed by atoms with Gasteiger partial charge in [0.25, 0.3) is 0 Å². The van der Waals surface area contributed by atoms with Crippen LogP contribution in [-0.4, -0.2) is 66.7 Å². The molecule has 2 aliphatic rings. The Balaban J connectivity index is 1.47. The summed E-state index contributed by atoms with van der Waals surface area (Å²) in [4.78, 5) is 25.8. The maximum atomic E-state index is 11.2. The second-order valence-electron chi connectivity index (χ2n) is 10.3. The Hall–Kier alpha value is -1.73. The molecule has 1 amide bonds. The van der Waals surface area contributed by atoms with Crippen molar-refractivity contribution in [2.45, 2.75) is 77.9 Å². The number of amides is 1. The zero-order valence-electron chi connectivity index (χ0n) is 20.1. The summed E-state index contributed by atoms with van der Waals surface area (Å²) in [5, 5.41) is 3.08. The van der Waals surface area contributed by atoms with E-state index in [1.54, 1.807) is 14.0 Å². The van der Waals surface area contributed by atoms with Gasteiger partial charge in [-0.2, -0.15) is 0 Å². The molecule has 0 radical (unpaired) electrons. The van der Waals surface area contributed by atoms with Gasteiger partial charge in [-0.1, -0.05) is 20.8 Å². The lowest BCUT2D eigenvalue weighted by molar-refractivity contribution is -0.119. The van der Waals surface area contributed by atoms with Crippen LogP contribution < -0.4 is 10.2 Å². The smallest absolute Gasteiger partial charge is 0.217 e. The van der Waals surface area contributed by atoms with Gasteiger partial charge in [-0.25, -0.2) is 9.97 Å². The second-order valence-corrected chi connectivity index (χ2v) is 10.3. The molecule has 1 aliphatic heterocycles. The molecule has 31 heavy (non-hydrogen) atoms. The van der Waals surface area contributed by atoms with Crippen molar-refractivity contribution in [3.8, 4) is 0 Å². The number of methoxy groups -OCH3 is 1. The van der Waals surface area contributed by atoms with Crippen molar-refractivity contribution in [3.63, 3.8) is 0 Å². The monoisotopic (exact) mass is 431 g/mol. The van der Waals surface area contributed by atoms with Crippen molar-refractivity contribution < 1.29 is 9.53 Å². The fraction of sp³-hybridized carbons (Fsp3) is 0.792. The summed E-state index contributed by atoms with van der Waals surface area (Å²) in [5.74, 6) is 2.82. The normalized spacial score (nSPS) is 23.1. The summed E-state index contributed by atoms with van der Waals surface area (Å²) < 4.78 is 5.33. The van der Waals surface area contributed by atoms with Gasteiger partial charge in [-0.15, -0.1) is 0 Å². The molecule has 0 unspecified atom stereocenters. The lowest BCUT2D eigenvalue weighted by atomic mass is 9.84. The molecule has 0 aromatic carbocycles. The first-order chi connectivity index (χ1) is 14.7. The van der Waals surface area contributed by atoms with Crippen molar-refractivity contribution in [2.24, 2.45) is 5.92 Å². The minimum Gasteiger partial charge on any atom is -0.378 e. The van der Waals surface area contributed by atoms with Gasteiger partial charge < -0.3 is 15.0 Å². The minimum absolute atomic E-state index is 0.0841. The third-order valence-corrected chi connectivity index (χ3v) is 6.53. The molecule has 2 fully saturated rings. The Bertz CT molecular complexity index is 717. The number of aromatic nitrogens is 2. The Morgan fingerprint density at radius 2 is 1.81 bits per heavy atom. The molecule has 3 rings (SSSR count). The molecule has 0 spiro atoms. The Labute approximate surface area is 188 Å². The highest BCUT2D eigenvalue weighted by molar-refractivity contribution is 5.73. The predicted molar refractivity (Wildman–Crippen MR) is 124 cm³/mol. The highest BCUT2D eigenvalue weighted by Crippen LogP contribution is 2.28. The van der Waals surface area contributed by atoms with E-state index in [1.807, 2.05) is 0 Å². The highest BCUT2D eigenvalue weighted by Gasteiger charge is 2.25. The van der Waals surface area contributed by atoms with E-state index in [2.05, 4.69) is 42.0 Å². The third kappa shape index (κ3) is 7.14. The topological polar surface area (TPSA) is 70.6 Å². The largest absolute Gasteiger partial charge is 0.378 e. The van der Waals surface area contributed by atoms with Gasteiger partial charge in [-0.05, 0) is 44.6 Å². The average Bonchev–Trinajstić information content (AvgIpc) is 2.73. The van der Waals surface area contributed by atoms with E-state index in [1.165, 1.54) is 25.8 Å². The molecule has 1 aliphatic carbocycles. The third-order valence-electron chi connectivity index (χ3n) is 6.53. The summed E-state index contributed by atoms with van der Waals surface area (Å²) in [5.41, 5.74) is 0.869. The molecule has 7 nitrogen and oxygen atoms in total. The Morgan fingerprint density at radius 1 is 1.13 bits per heavy atom. The van der Waals surface area contributed by atoms with Crippen LogP contribution in [0.25, 0.3) is 0 Å². The SMILES string of the molecule is COCc1cc(N2CCN(CC[C@H]3CC[C@H](NC(C)=O)CC3)CC2)nc(C(C)(C)C)n1. The van der Waals surface area contributed by atoms with Crippen molar-refractivity contribution in [2.75, 3.05) is 44.7 Å².